The van der Waals surface area contributed by atoms with Gasteiger partial charge in [0.05, 0.1) is 11.7 Å². The van der Waals surface area contributed by atoms with Crippen molar-refractivity contribution in [2.45, 2.75) is 19.9 Å². The quantitative estimate of drug-likeness (QED) is 0.418. The fourth-order valence-electron chi connectivity index (χ4n) is 3.21. The van der Waals surface area contributed by atoms with Crippen molar-refractivity contribution in [3.63, 3.8) is 0 Å². The van der Waals surface area contributed by atoms with Gasteiger partial charge in [0.2, 0.25) is 5.88 Å². The van der Waals surface area contributed by atoms with E-state index in [4.69, 9.17) is 4.74 Å². The number of aromatic nitrogens is 2. The average molecular weight is 427 g/mol. The number of benzene rings is 3. The smallest absolute Gasteiger partial charge is 0.251 e. The van der Waals surface area contributed by atoms with Gasteiger partial charge in [0.15, 0.2) is 0 Å². The highest BCUT2D eigenvalue weighted by atomic mass is 19.1. The number of rotatable bonds is 6. The molecule has 3 aromatic carbocycles. The van der Waals surface area contributed by atoms with Crippen LogP contribution in [0, 0.1) is 12.7 Å². The lowest BCUT2D eigenvalue weighted by molar-refractivity contribution is 0.0939. The first-order valence-electron chi connectivity index (χ1n) is 10.2. The third-order valence-corrected chi connectivity index (χ3v) is 5.03. The third-order valence-electron chi connectivity index (χ3n) is 5.03. The van der Waals surface area contributed by atoms with Gasteiger partial charge in [-0.2, -0.15) is 0 Å². The van der Waals surface area contributed by atoms with Gasteiger partial charge in [-0.05, 0) is 61.9 Å². The molecule has 0 spiro atoms. The molecule has 0 unspecified atom stereocenters. The first kappa shape index (κ1) is 21.2. The number of halogens is 1. The summed E-state index contributed by atoms with van der Waals surface area (Å²) in [5.74, 6) is 0.290. The molecule has 1 amide bonds. The number of nitrogens with zero attached hydrogens (tertiary/aromatic N) is 2. The number of carbonyl (C=O) groups is 1. The summed E-state index contributed by atoms with van der Waals surface area (Å²) in [5.41, 5.74) is 4.04. The Morgan fingerprint density at radius 2 is 1.72 bits per heavy atom. The van der Waals surface area contributed by atoms with Crippen molar-refractivity contribution in [2.75, 3.05) is 0 Å². The van der Waals surface area contributed by atoms with Crippen molar-refractivity contribution in [3.8, 4) is 22.9 Å². The molecule has 0 saturated heterocycles. The van der Waals surface area contributed by atoms with Gasteiger partial charge in [0.25, 0.3) is 5.91 Å². The number of ether oxygens (including phenoxy) is 1. The molecular formula is C26H22FN3O2. The van der Waals surface area contributed by atoms with Crippen LogP contribution in [0.15, 0.2) is 85.2 Å². The van der Waals surface area contributed by atoms with Crippen LogP contribution in [0.1, 0.15) is 34.5 Å². The van der Waals surface area contributed by atoms with Gasteiger partial charge < -0.3 is 10.1 Å². The molecule has 0 aliphatic rings. The Morgan fingerprint density at radius 1 is 0.969 bits per heavy atom. The van der Waals surface area contributed by atoms with Gasteiger partial charge >= 0.3 is 0 Å². The number of amides is 1. The Bertz CT molecular complexity index is 1220. The molecule has 1 atom stereocenters. The second kappa shape index (κ2) is 9.39. The zero-order chi connectivity index (χ0) is 22.5. The summed E-state index contributed by atoms with van der Waals surface area (Å²) in [6, 6.07) is 22.5. The topological polar surface area (TPSA) is 64.1 Å². The molecule has 32 heavy (non-hydrogen) atoms. The van der Waals surface area contributed by atoms with E-state index >= 15 is 0 Å². The third kappa shape index (κ3) is 5.16. The minimum absolute atomic E-state index is 0.132. The maximum absolute atomic E-state index is 13.2. The van der Waals surface area contributed by atoms with Crippen LogP contribution < -0.4 is 10.1 Å². The van der Waals surface area contributed by atoms with Crippen molar-refractivity contribution in [2.24, 2.45) is 0 Å². The molecule has 0 saturated carbocycles. The van der Waals surface area contributed by atoms with Crippen molar-refractivity contribution in [1.29, 1.82) is 0 Å². The molecule has 4 rings (SSSR count). The summed E-state index contributed by atoms with van der Waals surface area (Å²) >= 11 is 0. The fourth-order valence-corrected chi connectivity index (χ4v) is 3.21. The maximum atomic E-state index is 13.2. The normalized spacial score (nSPS) is 11.6. The Hall–Kier alpha value is -4.06. The fraction of sp³-hybridized carbons (Fsp3) is 0.115. The Morgan fingerprint density at radius 3 is 2.47 bits per heavy atom. The Balaban J connectivity index is 1.47. The van der Waals surface area contributed by atoms with Crippen molar-refractivity contribution in [1.82, 2.24) is 15.3 Å². The van der Waals surface area contributed by atoms with E-state index in [-0.39, 0.29) is 17.8 Å². The molecule has 1 aromatic heterocycles. The van der Waals surface area contributed by atoms with Crippen LogP contribution in [0.3, 0.4) is 0 Å². The van der Waals surface area contributed by atoms with Crippen molar-refractivity contribution in [3.05, 3.63) is 108 Å². The lowest BCUT2D eigenvalue weighted by Gasteiger charge is -2.15. The number of hydrogen-bond acceptors (Lipinski definition) is 4. The standard InChI is InChI=1S/C26H22FN3O2/c1-17-6-8-19(9-7-17)18(2)30-26(31)21-4-3-5-23(14-21)32-25-15-24(28-16-29-25)20-10-12-22(27)13-11-20/h3-16,18H,1-2H3,(H,30,31)/t18-/m0/s1. The zero-order valence-electron chi connectivity index (χ0n) is 17.7. The Labute approximate surface area is 185 Å². The summed E-state index contributed by atoms with van der Waals surface area (Å²) in [7, 11) is 0. The van der Waals surface area contributed by atoms with Crippen LogP contribution in [-0.4, -0.2) is 15.9 Å². The van der Waals surface area contributed by atoms with Crippen LogP contribution >= 0.6 is 0 Å². The Kier molecular flexibility index (Phi) is 6.22. The molecule has 6 heteroatoms. The summed E-state index contributed by atoms with van der Waals surface area (Å²) in [6.07, 6.45) is 1.38. The number of hydrogen-bond donors (Lipinski definition) is 1. The lowest BCUT2D eigenvalue weighted by Crippen LogP contribution is -2.26. The van der Waals surface area contributed by atoms with Crippen molar-refractivity contribution < 1.29 is 13.9 Å². The van der Waals surface area contributed by atoms with E-state index < -0.39 is 0 Å². The monoisotopic (exact) mass is 427 g/mol. The van der Waals surface area contributed by atoms with Gasteiger partial charge in [0, 0.05) is 17.2 Å². The lowest BCUT2D eigenvalue weighted by atomic mass is 10.1. The highest BCUT2D eigenvalue weighted by Gasteiger charge is 2.13. The predicted octanol–water partition coefficient (Wildman–Crippen LogP) is 5.87. The van der Waals surface area contributed by atoms with Gasteiger partial charge in [-0.15, -0.1) is 0 Å². The van der Waals surface area contributed by atoms with Crippen LogP contribution in [0.2, 0.25) is 0 Å². The molecule has 0 bridgehead atoms. The van der Waals surface area contributed by atoms with Crippen LogP contribution in [0.4, 0.5) is 4.39 Å². The van der Waals surface area contributed by atoms with E-state index in [1.807, 2.05) is 38.1 Å². The summed E-state index contributed by atoms with van der Waals surface area (Å²) in [5, 5.41) is 3.01. The highest BCUT2D eigenvalue weighted by Crippen LogP contribution is 2.25. The van der Waals surface area contributed by atoms with E-state index in [1.165, 1.54) is 24.0 Å². The molecular weight excluding hydrogens is 405 g/mol. The van der Waals surface area contributed by atoms with Gasteiger partial charge in [0.1, 0.15) is 17.9 Å². The number of aryl methyl sites for hydroxylation is 1. The first-order valence-corrected chi connectivity index (χ1v) is 10.2. The van der Waals surface area contributed by atoms with E-state index in [0.717, 1.165) is 11.1 Å². The minimum atomic E-state index is -0.314. The van der Waals surface area contributed by atoms with Gasteiger partial charge in [-0.3, -0.25) is 4.79 Å². The molecule has 0 aliphatic carbocycles. The molecule has 160 valence electrons. The number of nitrogens with one attached hydrogen (secondary N) is 1. The van der Waals surface area contributed by atoms with Gasteiger partial charge in [-0.1, -0.05) is 35.9 Å². The second-order valence-electron chi connectivity index (χ2n) is 7.48. The largest absolute Gasteiger partial charge is 0.439 e. The summed E-state index contributed by atoms with van der Waals surface area (Å²) in [4.78, 5) is 21.1. The molecule has 1 N–H and O–H groups in total. The van der Waals surface area contributed by atoms with Crippen LogP contribution in [0.5, 0.6) is 11.6 Å². The van der Waals surface area contributed by atoms with E-state index in [0.29, 0.717) is 22.9 Å². The molecule has 5 nitrogen and oxygen atoms in total. The average Bonchev–Trinajstić information content (AvgIpc) is 2.80. The zero-order valence-corrected chi connectivity index (χ0v) is 17.7. The molecule has 1 heterocycles. The minimum Gasteiger partial charge on any atom is -0.439 e. The van der Waals surface area contributed by atoms with Crippen LogP contribution in [-0.2, 0) is 0 Å². The first-order chi connectivity index (χ1) is 15.5. The summed E-state index contributed by atoms with van der Waals surface area (Å²) < 4.78 is 19.0. The van der Waals surface area contributed by atoms with Gasteiger partial charge in [-0.25, -0.2) is 14.4 Å². The molecule has 0 radical (unpaired) electrons. The maximum Gasteiger partial charge on any atom is 0.251 e. The second-order valence-corrected chi connectivity index (χ2v) is 7.48. The molecule has 4 aromatic rings. The predicted molar refractivity (Wildman–Crippen MR) is 121 cm³/mol. The van der Waals surface area contributed by atoms with Crippen molar-refractivity contribution >= 4 is 5.91 Å². The summed E-state index contributed by atoms with van der Waals surface area (Å²) in [6.45, 7) is 3.97. The molecule has 0 aliphatic heterocycles. The highest BCUT2D eigenvalue weighted by molar-refractivity contribution is 5.94. The van der Waals surface area contributed by atoms with E-state index in [2.05, 4.69) is 15.3 Å². The SMILES string of the molecule is Cc1ccc([C@H](C)NC(=O)c2cccc(Oc3cc(-c4ccc(F)cc4)ncn3)c2)cc1. The van der Waals surface area contributed by atoms with E-state index in [9.17, 15) is 9.18 Å². The molecule has 0 fully saturated rings. The number of carbonyl (C=O) groups excluding carboxylic acids is 1. The van der Waals surface area contributed by atoms with E-state index in [1.54, 1.807) is 42.5 Å². The van der Waals surface area contributed by atoms with Crippen LogP contribution in [0.25, 0.3) is 11.3 Å².